The first kappa shape index (κ1) is 10.2. The second-order valence-corrected chi connectivity index (χ2v) is 5.19. The van der Waals surface area contributed by atoms with E-state index in [2.05, 4.69) is 0 Å². The van der Waals surface area contributed by atoms with E-state index < -0.39 is 15.3 Å². The minimum Gasteiger partial charge on any atom is -0.377 e. The van der Waals surface area contributed by atoms with Gasteiger partial charge in [-0.15, -0.1) is 0 Å². The summed E-state index contributed by atoms with van der Waals surface area (Å²) in [5, 5.41) is 8.95. The molecule has 0 fully saturated rings. The molecule has 1 rings (SSSR count). The largest absolute Gasteiger partial charge is 0.377 e. The van der Waals surface area contributed by atoms with Crippen LogP contribution in [-0.2, 0) is 15.6 Å². The van der Waals surface area contributed by atoms with E-state index in [4.69, 9.17) is 5.11 Å². The minimum absolute atomic E-state index is 0.106. The summed E-state index contributed by atoms with van der Waals surface area (Å²) in [6, 6.07) is 8.80. The number of hydrogen-bond acceptors (Lipinski definition) is 3. The molecule has 0 aliphatic heterocycles. The molecule has 0 radical (unpaired) electrons. The normalized spacial score (nSPS) is 14.0. The lowest BCUT2D eigenvalue weighted by Crippen LogP contribution is -2.18. The number of aliphatic hydroxyl groups is 1. The third-order valence-corrected chi connectivity index (χ3v) is 3.51. The molecule has 0 spiro atoms. The first-order valence-corrected chi connectivity index (χ1v) is 5.67. The Morgan fingerprint density at radius 1 is 1.31 bits per heavy atom. The Morgan fingerprint density at radius 2 is 1.85 bits per heavy atom. The summed E-state index contributed by atoms with van der Waals surface area (Å²) in [5.41, 5.74) is -0.601. The van der Waals surface area contributed by atoms with Crippen LogP contribution in [0.3, 0.4) is 0 Å². The molecule has 13 heavy (non-hydrogen) atoms. The van der Waals surface area contributed by atoms with Gasteiger partial charge < -0.3 is 5.11 Å². The van der Waals surface area contributed by atoms with Crippen LogP contribution in [0.1, 0.15) is 12.5 Å². The van der Waals surface area contributed by atoms with Gasteiger partial charge in [0.1, 0.15) is 0 Å². The predicted octanol–water partition coefficient (Wildman–Crippen LogP) is 0.940. The highest BCUT2D eigenvalue weighted by molar-refractivity contribution is 7.91. The number of hydrogen-bond donors (Lipinski definition) is 1. The first-order chi connectivity index (χ1) is 6.02. The van der Waals surface area contributed by atoms with Crippen LogP contribution in [0.5, 0.6) is 0 Å². The molecule has 1 unspecified atom stereocenters. The van der Waals surface area contributed by atoms with Crippen molar-refractivity contribution in [3.8, 4) is 0 Å². The Morgan fingerprint density at radius 3 is 2.31 bits per heavy atom. The maximum atomic E-state index is 11.2. The lowest BCUT2D eigenvalue weighted by Gasteiger charge is -2.06. The van der Waals surface area contributed by atoms with Gasteiger partial charge in [0.25, 0.3) is 0 Å². The molecule has 0 aliphatic carbocycles. The van der Waals surface area contributed by atoms with E-state index in [0.29, 0.717) is 5.56 Å². The van der Waals surface area contributed by atoms with Gasteiger partial charge in [0.05, 0.1) is 5.75 Å². The Kier molecular flexibility index (Phi) is 3.06. The molecule has 0 aliphatic rings. The molecule has 0 saturated heterocycles. The summed E-state index contributed by atoms with van der Waals surface area (Å²) in [4.78, 5) is 0. The number of rotatable bonds is 3. The van der Waals surface area contributed by atoms with Crippen molar-refractivity contribution in [2.24, 2.45) is 0 Å². The van der Waals surface area contributed by atoms with Crippen molar-refractivity contribution in [3.63, 3.8) is 0 Å². The average Bonchev–Trinajstić information content (AvgIpc) is 2.05. The predicted molar refractivity (Wildman–Crippen MR) is 50.7 cm³/mol. The van der Waals surface area contributed by atoms with E-state index in [1.54, 1.807) is 24.3 Å². The molecule has 0 heterocycles. The second-order valence-electron chi connectivity index (χ2n) is 2.89. The van der Waals surface area contributed by atoms with Crippen LogP contribution >= 0.6 is 0 Å². The van der Waals surface area contributed by atoms with E-state index >= 15 is 0 Å². The van der Waals surface area contributed by atoms with Crippen molar-refractivity contribution in [1.29, 1.82) is 0 Å². The van der Waals surface area contributed by atoms with E-state index in [9.17, 15) is 8.42 Å². The molecule has 3 nitrogen and oxygen atoms in total. The van der Waals surface area contributed by atoms with Crippen molar-refractivity contribution in [3.05, 3.63) is 35.9 Å². The van der Waals surface area contributed by atoms with Gasteiger partial charge >= 0.3 is 0 Å². The smallest absolute Gasteiger partial charge is 0.180 e. The van der Waals surface area contributed by atoms with Gasteiger partial charge in [0.15, 0.2) is 15.3 Å². The molecule has 0 amide bonds. The highest BCUT2D eigenvalue weighted by Gasteiger charge is 2.17. The summed E-state index contributed by atoms with van der Waals surface area (Å²) in [6.07, 6.45) is 0. The molecule has 1 atom stereocenters. The van der Waals surface area contributed by atoms with Crippen molar-refractivity contribution in [2.75, 3.05) is 0 Å². The molecule has 1 N–H and O–H groups in total. The van der Waals surface area contributed by atoms with Gasteiger partial charge in [-0.3, -0.25) is 0 Å². The summed E-state index contributed by atoms with van der Waals surface area (Å²) in [7, 11) is -3.40. The van der Waals surface area contributed by atoms with Gasteiger partial charge in [-0.25, -0.2) is 8.42 Å². The maximum absolute atomic E-state index is 11.2. The van der Waals surface area contributed by atoms with Crippen LogP contribution in [0.25, 0.3) is 0 Å². The number of benzene rings is 1. The molecule has 4 heteroatoms. The summed E-state index contributed by atoms with van der Waals surface area (Å²) >= 11 is 0. The zero-order valence-corrected chi connectivity index (χ0v) is 8.16. The Balaban J connectivity index is 2.82. The van der Waals surface area contributed by atoms with Crippen molar-refractivity contribution >= 4 is 9.84 Å². The summed E-state index contributed by atoms with van der Waals surface area (Å²) in [6.45, 7) is 1.26. The van der Waals surface area contributed by atoms with Crippen LogP contribution < -0.4 is 0 Å². The van der Waals surface area contributed by atoms with Crippen molar-refractivity contribution in [1.82, 2.24) is 0 Å². The van der Waals surface area contributed by atoms with E-state index in [0.717, 1.165) is 0 Å². The van der Waals surface area contributed by atoms with Crippen molar-refractivity contribution in [2.45, 2.75) is 18.1 Å². The molecular weight excluding hydrogens is 188 g/mol. The standard InChI is InChI=1S/C9H12O3S/c1-8(10)13(11,12)7-9-5-3-2-4-6-9/h2-6,8,10H,7H2,1H3. The SMILES string of the molecule is CC(O)S(=O)(=O)Cc1ccccc1. The average molecular weight is 200 g/mol. The van der Waals surface area contributed by atoms with Gasteiger partial charge in [0.2, 0.25) is 0 Å². The quantitative estimate of drug-likeness (QED) is 0.790. The topological polar surface area (TPSA) is 54.4 Å². The minimum atomic E-state index is -3.40. The molecule has 72 valence electrons. The van der Waals surface area contributed by atoms with Crippen LogP contribution in [0.2, 0.25) is 0 Å². The first-order valence-electron chi connectivity index (χ1n) is 3.96. The van der Waals surface area contributed by atoms with Crippen LogP contribution in [-0.4, -0.2) is 19.0 Å². The highest BCUT2D eigenvalue weighted by atomic mass is 32.2. The van der Waals surface area contributed by atoms with E-state index in [1.165, 1.54) is 6.92 Å². The third-order valence-electron chi connectivity index (χ3n) is 1.73. The third kappa shape index (κ3) is 2.82. The lowest BCUT2D eigenvalue weighted by molar-refractivity contribution is 0.268. The fourth-order valence-corrected chi connectivity index (χ4v) is 1.83. The summed E-state index contributed by atoms with van der Waals surface area (Å²) in [5.74, 6) is -0.106. The Bertz CT molecular complexity index is 354. The maximum Gasteiger partial charge on any atom is 0.180 e. The zero-order chi connectivity index (χ0) is 9.90. The fourth-order valence-electron chi connectivity index (χ4n) is 0.927. The van der Waals surface area contributed by atoms with Gasteiger partial charge in [-0.05, 0) is 12.5 Å². The Hall–Kier alpha value is -0.870. The molecule has 1 aromatic rings. The lowest BCUT2D eigenvalue weighted by atomic mass is 10.2. The zero-order valence-electron chi connectivity index (χ0n) is 7.34. The second kappa shape index (κ2) is 3.89. The highest BCUT2D eigenvalue weighted by Crippen LogP contribution is 2.08. The molecule has 0 aromatic heterocycles. The Labute approximate surface area is 77.9 Å². The van der Waals surface area contributed by atoms with Crippen LogP contribution in [0.15, 0.2) is 30.3 Å². The van der Waals surface area contributed by atoms with Gasteiger partial charge in [0, 0.05) is 0 Å². The number of sulfone groups is 1. The van der Waals surface area contributed by atoms with Gasteiger partial charge in [-0.1, -0.05) is 30.3 Å². The van der Waals surface area contributed by atoms with Crippen molar-refractivity contribution < 1.29 is 13.5 Å². The molecule has 1 aromatic carbocycles. The fraction of sp³-hybridized carbons (Fsp3) is 0.333. The molecule has 0 bridgehead atoms. The molecular formula is C9H12O3S. The summed E-state index contributed by atoms with van der Waals surface area (Å²) < 4.78 is 22.5. The van der Waals surface area contributed by atoms with Crippen LogP contribution in [0.4, 0.5) is 0 Å². The van der Waals surface area contributed by atoms with Gasteiger partial charge in [-0.2, -0.15) is 0 Å². The van der Waals surface area contributed by atoms with Crippen LogP contribution in [0, 0.1) is 0 Å². The number of aliphatic hydroxyl groups excluding tert-OH is 1. The van der Waals surface area contributed by atoms with E-state index in [1.807, 2.05) is 6.07 Å². The monoisotopic (exact) mass is 200 g/mol. The van der Waals surface area contributed by atoms with E-state index in [-0.39, 0.29) is 5.75 Å². The molecule has 0 saturated carbocycles.